The van der Waals surface area contributed by atoms with Gasteiger partial charge < -0.3 is 9.80 Å². The molecule has 0 bridgehead atoms. The summed E-state index contributed by atoms with van der Waals surface area (Å²) in [7, 11) is 0. The van der Waals surface area contributed by atoms with Crippen LogP contribution in [0.25, 0.3) is 11.1 Å². The summed E-state index contributed by atoms with van der Waals surface area (Å²) in [5.41, 5.74) is 16.9. The molecular formula is C53H51N3. The smallest absolute Gasteiger partial charge is 0.0623 e. The lowest BCUT2D eigenvalue weighted by atomic mass is 9.85. The van der Waals surface area contributed by atoms with Crippen molar-refractivity contribution in [3.05, 3.63) is 197 Å². The normalized spacial score (nSPS) is 27.4. The molecule has 6 unspecified atom stereocenters. The summed E-state index contributed by atoms with van der Waals surface area (Å²) in [6.45, 7) is 0. The molecule has 3 heteroatoms. The predicted molar refractivity (Wildman–Crippen MR) is 234 cm³/mol. The van der Waals surface area contributed by atoms with Crippen molar-refractivity contribution in [3.8, 4) is 0 Å². The van der Waals surface area contributed by atoms with Crippen LogP contribution in [-0.2, 0) is 0 Å². The van der Waals surface area contributed by atoms with Crippen LogP contribution in [0.3, 0.4) is 0 Å². The number of hydrogen-bond acceptors (Lipinski definition) is 3. The van der Waals surface area contributed by atoms with E-state index in [1.807, 2.05) is 0 Å². The van der Waals surface area contributed by atoms with Crippen LogP contribution < -0.4 is 15.1 Å². The molecule has 0 radical (unpaired) electrons. The third-order valence-electron chi connectivity index (χ3n) is 13.7. The lowest BCUT2D eigenvalue weighted by Gasteiger charge is -2.35. The molecule has 0 saturated heterocycles. The number of hydrogen-bond donors (Lipinski definition) is 1. The largest absolute Gasteiger partial charge is 0.337 e. The van der Waals surface area contributed by atoms with Crippen LogP contribution in [0.5, 0.6) is 0 Å². The standard InChI is InChI=1S/C53H51N3/c1-2-14-36(15-3-1)37-28-30-38(31-29-37)41-34-48(39-16-12-18-42(32-39)55-50-24-8-4-20-44(50)45-21-5-9-25-51(45)55)54-49(35-41)40-17-13-19-43(33-40)56-52-26-10-6-22-46(52)47-23-7-11-27-53(47)56/h1-2,4,6,8-10,12-14,16-20,22,24-26,28-34,45-46,48-49,51-52,54H,3,5,7,11,15,21,23,27,35H2. The highest BCUT2D eigenvalue weighted by molar-refractivity contribution is 5.76. The van der Waals surface area contributed by atoms with Crippen molar-refractivity contribution < 1.29 is 0 Å². The second-order valence-electron chi connectivity index (χ2n) is 16.9. The maximum Gasteiger partial charge on any atom is 0.0623 e. The molecule has 4 aromatic rings. The maximum absolute atomic E-state index is 4.19. The van der Waals surface area contributed by atoms with E-state index in [-0.39, 0.29) is 12.1 Å². The monoisotopic (exact) mass is 729 g/mol. The first-order valence-electron chi connectivity index (χ1n) is 21.3. The molecule has 1 N–H and O–H groups in total. The molecule has 7 aliphatic rings. The summed E-state index contributed by atoms with van der Waals surface area (Å²) < 4.78 is 0. The summed E-state index contributed by atoms with van der Waals surface area (Å²) in [5.74, 6) is 1.05. The fraction of sp³-hybridized carbons (Fsp3) is 0.283. The summed E-state index contributed by atoms with van der Waals surface area (Å²) in [6, 6.07) is 38.4. The van der Waals surface area contributed by atoms with E-state index in [1.165, 1.54) is 88.1 Å². The number of para-hydroxylation sites is 1. The predicted octanol–water partition coefficient (Wildman–Crippen LogP) is 13.0. The van der Waals surface area contributed by atoms with Gasteiger partial charge in [-0.3, -0.25) is 5.32 Å². The molecule has 0 fully saturated rings. The summed E-state index contributed by atoms with van der Waals surface area (Å²) >= 11 is 0. The third kappa shape index (κ3) is 5.91. The molecule has 0 amide bonds. The van der Waals surface area contributed by atoms with Gasteiger partial charge in [0.25, 0.3) is 0 Å². The highest BCUT2D eigenvalue weighted by Crippen LogP contribution is 2.50. The molecule has 0 spiro atoms. The highest BCUT2D eigenvalue weighted by Gasteiger charge is 2.41. The minimum Gasteiger partial charge on any atom is -0.337 e. The SMILES string of the molecule is C1=CCCC(c2ccc(C3=CC(c4cccc(N5c6ccccc6C6CCC=CC65)c4)NC(c4cccc(N5C6=C(CCCC6)C6C=CC=CC65)c4)C3)cc2)=C1. The van der Waals surface area contributed by atoms with Gasteiger partial charge in [-0.05, 0) is 133 Å². The Bertz CT molecular complexity index is 2380. The molecule has 0 saturated carbocycles. The second-order valence-corrected chi connectivity index (χ2v) is 16.9. The van der Waals surface area contributed by atoms with E-state index < -0.39 is 0 Å². The number of allylic oxidation sites excluding steroid dienone is 8. The van der Waals surface area contributed by atoms with Crippen molar-refractivity contribution in [2.75, 3.05) is 9.80 Å². The van der Waals surface area contributed by atoms with Gasteiger partial charge in [-0.2, -0.15) is 0 Å². The number of benzene rings is 4. The van der Waals surface area contributed by atoms with Crippen LogP contribution in [0.15, 0.2) is 169 Å². The fourth-order valence-corrected chi connectivity index (χ4v) is 11.1. The Morgan fingerprint density at radius 3 is 2.27 bits per heavy atom. The van der Waals surface area contributed by atoms with Crippen LogP contribution in [0.2, 0.25) is 0 Å². The molecule has 3 aliphatic heterocycles. The molecule has 3 heterocycles. The van der Waals surface area contributed by atoms with E-state index in [0.29, 0.717) is 23.9 Å². The van der Waals surface area contributed by atoms with Crippen LogP contribution in [0.4, 0.5) is 17.1 Å². The van der Waals surface area contributed by atoms with Crippen molar-refractivity contribution in [1.29, 1.82) is 0 Å². The minimum atomic E-state index is 0.0731. The van der Waals surface area contributed by atoms with Crippen molar-refractivity contribution in [2.45, 2.75) is 87.9 Å². The number of fused-ring (bicyclic) bond motifs is 5. The first-order valence-corrected chi connectivity index (χ1v) is 21.3. The Kier molecular flexibility index (Phi) is 8.65. The van der Waals surface area contributed by atoms with Crippen LogP contribution in [-0.4, -0.2) is 12.1 Å². The fourth-order valence-electron chi connectivity index (χ4n) is 11.1. The lowest BCUT2D eigenvalue weighted by molar-refractivity contribution is 0.483. The zero-order valence-corrected chi connectivity index (χ0v) is 32.2. The summed E-state index contributed by atoms with van der Waals surface area (Å²) in [4.78, 5) is 5.30. The molecular weight excluding hydrogens is 679 g/mol. The van der Waals surface area contributed by atoms with E-state index in [4.69, 9.17) is 0 Å². The van der Waals surface area contributed by atoms with E-state index in [0.717, 1.165) is 25.7 Å². The van der Waals surface area contributed by atoms with Gasteiger partial charge >= 0.3 is 0 Å². The van der Waals surface area contributed by atoms with Crippen molar-refractivity contribution in [3.63, 3.8) is 0 Å². The Balaban J connectivity index is 0.963. The summed E-state index contributed by atoms with van der Waals surface area (Å²) in [5, 5.41) is 4.19. The van der Waals surface area contributed by atoms with E-state index >= 15 is 0 Å². The van der Waals surface area contributed by atoms with E-state index in [2.05, 4.69) is 173 Å². The van der Waals surface area contributed by atoms with Gasteiger partial charge in [0.2, 0.25) is 0 Å². The van der Waals surface area contributed by atoms with Crippen LogP contribution in [0, 0.1) is 5.92 Å². The topological polar surface area (TPSA) is 18.5 Å². The van der Waals surface area contributed by atoms with Gasteiger partial charge in [-0.15, -0.1) is 0 Å². The zero-order chi connectivity index (χ0) is 37.0. The van der Waals surface area contributed by atoms with Gasteiger partial charge in [-0.1, -0.05) is 127 Å². The molecule has 0 aromatic heterocycles. The van der Waals surface area contributed by atoms with Crippen LogP contribution >= 0.6 is 0 Å². The van der Waals surface area contributed by atoms with Crippen molar-refractivity contribution >= 4 is 28.2 Å². The molecule has 4 aromatic carbocycles. The summed E-state index contributed by atoms with van der Waals surface area (Å²) in [6.07, 6.45) is 34.1. The van der Waals surface area contributed by atoms with Crippen molar-refractivity contribution in [1.82, 2.24) is 5.32 Å². The molecule has 3 nitrogen and oxygen atoms in total. The van der Waals surface area contributed by atoms with Gasteiger partial charge in [0.05, 0.1) is 18.1 Å². The van der Waals surface area contributed by atoms with Crippen molar-refractivity contribution in [2.24, 2.45) is 5.92 Å². The Labute approximate surface area is 332 Å². The lowest BCUT2D eigenvalue weighted by Crippen LogP contribution is -2.33. The first-order chi connectivity index (χ1) is 27.8. The average molecular weight is 730 g/mol. The number of nitrogens with zero attached hydrogens (tertiary/aromatic N) is 2. The number of nitrogens with one attached hydrogen (secondary N) is 1. The zero-order valence-electron chi connectivity index (χ0n) is 32.2. The Hall–Kier alpha value is -5.38. The Morgan fingerprint density at radius 1 is 0.607 bits per heavy atom. The average Bonchev–Trinajstić information content (AvgIpc) is 3.80. The quantitative estimate of drug-likeness (QED) is 0.199. The first kappa shape index (κ1) is 33.9. The molecule has 278 valence electrons. The van der Waals surface area contributed by atoms with Gasteiger partial charge in [-0.25, -0.2) is 0 Å². The van der Waals surface area contributed by atoms with E-state index in [9.17, 15) is 0 Å². The molecule has 11 rings (SSSR count). The molecule has 56 heavy (non-hydrogen) atoms. The van der Waals surface area contributed by atoms with Crippen LogP contribution in [0.1, 0.15) is 104 Å². The van der Waals surface area contributed by atoms with Gasteiger partial charge in [0.15, 0.2) is 0 Å². The minimum absolute atomic E-state index is 0.0731. The molecule has 4 aliphatic carbocycles. The maximum atomic E-state index is 4.19. The van der Waals surface area contributed by atoms with Gasteiger partial charge in [0.1, 0.15) is 0 Å². The van der Waals surface area contributed by atoms with Gasteiger partial charge in [0, 0.05) is 40.6 Å². The highest BCUT2D eigenvalue weighted by atomic mass is 15.2. The number of rotatable bonds is 6. The second kappa shape index (κ2) is 14.3. The number of anilines is 3. The Morgan fingerprint density at radius 2 is 1.39 bits per heavy atom. The third-order valence-corrected chi connectivity index (χ3v) is 13.7. The van der Waals surface area contributed by atoms with E-state index in [1.54, 1.807) is 11.3 Å². The molecule has 6 atom stereocenters.